The van der Waals surface area contributed by atoms with Crippen LogP contribution < -0.4 is 0 Å². The van der Waals surface area contributed by atoms with E-state index in [1.165, 1.54) is 0 Å². The Balaban J connectivity index is 3.80. The number of alkyl halides is 4. The summed E-state index contributed by atoms with van der Waals surface area (Å²) in [5.41, 5.74) is 0. The highest BCUT2D eigenvalue weighted by molar-refractivity contribution is 4.96. The zero-order valence-electron chi connectivity index (χ0n) is 6.87. The first-order valence-electron chi connectivity index (χ1n) is 3.84. The van der Waals surface area contributed by atoms with Crippen LogP contribution in [-0.4, -0.2) is 12.3 Å². The van der Waals surface area contributed by atoms with Crippen LogP contribution in [0.1, 0.15) is 26.2 Å². The van der Waals surface area contributed by atoms with Gasteiger partial charge in [-0.3, -0.25) is 0 Å². The molecule has 0 spiro atoms. The molecule has 0 aliphatic carbocycles. The Morgan fingerprint density at radius 1 is 1.33 bits per heavy atom. The van der Waals surface area contributed by atoms with Crippen LogP contribution in [0, 0.1) is 0 Å². The van der Waals surface area contributed by atoms with E-state index in [9.17, 15) is 17.6 Å². The molecule has 0 aromatic carbocycles. The molecule has 0 saturated carbocycles. The molecule has 4 heteroatoms. The van der Waals surface area contributed by atoms with E-state index in [4.69, 9.17) is 0 Å². The van der Waals surface area contributed by atoms with E-state index in [1.54, 1.807) is 0 Å². The van der Waals surface area contributed by atoms with Crippen molar-refractivity contribution in [2.24, 2.45) is 0 Å². The number of halogens is 4. The van der Waals surface area contributed by atoms with Crippen molar-refractivity contribution in [3.05, 3.63) is 12.2 Å². The highest BCUT2D eigenvalue weighted by atomic mass is 19.3. The van der Waals surface area contributed by atoms with Crippen molar-refractivity contribution in [2.75, 3.05) is 0 Å². The molecule has 0 aliphatic rings. The molecule has 0 rings (SSSR count). The maximum atomic E-state index is 12.1. The number of rotatable bonds is 5. The van der Waals surface area contributed by atoms with Crippen molar-refractivity contribution >= 4 is 0 Å². The molecule has 0 radical (unpaired) electrons. The summed E-state index contributed by atoms with van der Waals surface area (Å²) in [4.78, 5) is 0. The highest BCUT2D eigenvalue weighted by Crippen LogP contribution is 2.24. The van der Waals surface area contributed by atoms with Crippen molar-refractivity contribution in [3.63, 3.8) is 0 Å². The van der Waals surface area contributed by atoms with E-state index in [0.29, 0.717) is 6.42 Å². The Morgan fingerprint density at radius 2 is 1.92 bits per heavy atom. The van der Waals surface area contributed by atoms with Gasteiger partial charge in [0, 0.05) is 0 Å². The summed E-state index contributed by atoms with van der Waals surface area (Å²) in [6.07, 6.45) is -0.169. The molecule has 0 bridgehead atoms. The van der Waals surface area contributed by atoms with Crippen LogP contribution in [0.3, 0.4) is 0 Å². The van der Waals surface area contributed by atoms with Crippen molar-refractivity contribution < 1.29 is 17.6 Å². The van der Waals surface area contributed by atoms with Crippen molar-refractivity contribution in [2.45, 2.75) is 38.5 Å². The Hall–Kier alpha value is -0.540. The SMILES string of the molecule is CCCCC=CC(F)(F)C(F)F. The van der Waals surface area contributed by atoms with Crippen LogP contribution in [0.5, 0.6) is 0 Å². The van der Waals surface area contributed by atoms with Crippen molar-refractivity contribution in [1.82, 2.24) is 0 Å². The summed E-state index contributed by atoms with van der Waals surface area (Å²) < 4.78 is 47.3. The van der Waals surface area contributed by atoms with E-state index in [1.807, 2.05) is 6.92 Å². The van der Waals surface area contributed by atoms with Gasteiger partial charge >= 0.3 is 12.3 Å². The van der Waals surface area contributed by atoms with Crippen LogP contribution in [0.4, 0.5) is 17.6 Å². The third-order valence-corrected chi connectivity index (χ3v) is 1.36. The third-order valence-electron chi connectivity index (χ3n) is 1.36. The lowest BCUT2D eigenvalue weighted by atomic mass is 10.2. The zero-order chi connectivity index (χ0) is 9.61. The molecular formula is C8H12F4. The molecule has 0 saturated heterocycles. The lowest BCUT2D eigenvalue weighted by Gasteiger charge is -2.08. The fraction of sp³-hybridized carbons (Fsp3) is 0.750. The average Bonchev–Trinajstić information content (AvgIpc) is 1.98. The summed E-state index contributed by atoms with van der Waals surface area (Å²) in [6, 6.07) is 0. The van der Waals surface area contributed by atoms with Crippen molar-refractivity contribution in [3.8, 4) is 0 Å². The molecule has 0 unspecified atom stereocenters. The first-order chi connectivity index (χ1) is 5.50. The molecule has 0 N–H and O–H groups in total. The molecule has 72 valence electrons. The third kappa shape index (κ3) is 4.36. The second-order valence-electron chi connectivity index (χ2n) is 2.52. The van der Waals surface area contributed by atoms with E-state index < -0.39 is 12.3 Å². The van der Waals surface area contributed by atoms with Gasteiger partial charge in [0.15, 0.2) is 0 Å². The summed E-state index contributed by atoms with van der Waals surface area (Å²) in [6.45, 7) is 1.90. The summed E-state index contributed by atoms with van der Waals surface area (Å²) in [5.74, 6) is -3.96. The van der Waals surface area contributed by atoms with Gasteiger partial charge in [-0.2, -0.15) is 8.78 Å². The normalized spacial score (nSPS) is 13.2. The molecular weight excluding hydrogens is 172 g/mol. The standard InChI is InChI=1S/C8H12F4/c1-2-3-4-5-6-8(11,12)7(9)10/h5-7H,2-4H2,1H3. The van der Waals surface area contributed by atoms with Crippen LogP contribution in [0.25, 0.3) is 0 Å². The minimum Gasteiger partial charge on any atom is -0.203 e. The number of hydrogen-bond acceptors (Lipinski definition) is 0. The van der Waals surface area contributed by atoms with Crippen LogP contribution >= 0.6 is 0 Å². The Bertz CT molecular complexity index is 140. The van der Waals surface area contributed by atoms with Crippen LogP contribution in [0.15, 0.2) is 12.2 Å². The Morgan fingerprint density at radius 3 is 2.33 bits per heavy atom. The number of hydrogen-bond donors (Lipinski definition) is 0. The van der Waals surface area contributed by atoms with Gasteiger partial charge in [-0.15, -0.1) is 0 Å². The topological polar surface area (TPSA) is 0 Å². The monoisotopic (exact) mass is 184 g/mol. The highest BCUT2D eigenvalue weighted by Gasteiger charge is 2.37. The predicted molar refractivity (Wildman–Crippen MR) is 39.6 cm³/mol. The second-order valence-corrected chi connectivity index (χ2v) is 2.52. The minimum atomic E-state index is -3.96. The van der Waals surface area contributed by atoms with E-state index in [2.05, 4.69) is 0 Å². The van der Waals surface area contributed by atoms with E-state index in [0.717, 1.165) is 18.9 Å². The molecule has 0 atom stereocenters. The fourth-order valence-corrected chi connectivity index (χ4v) is 0.635. The zero-order valence-corrected chi connectivity index (χ0v) is 6.87. The van der Waals surface area contributed by atoms with Gasteiger partial charge in [0.25, 0.3) is 0 Å². The van der Waals surface area contributed by atoms with Gasteiger partial charge in [-0.1, -0.05) is 25.8 Å². The maximum absolute atomic E-state index is 12.1. The molecule has 0 amide bonds. The molecule has 0 heterocycles. The summed E-state index contributed by atoms with van der Waals surface area (Å²) >= 11 is 0. The first kappa shape index (κ1) is 11.5. The fourth-order valence-electron chi connectivity index (χ4n) is 0.635. The number of allylic oxidation sites excluding steroid dienone is 2. The lowest BCUT2D eigenvalue weighted by molar-refractivity contribution is -0.0908. The predicted octanol–water partition coefficient (Wildman–Crippen LogP) is 3.63. The van der Waals surface area contributed by atoms with Gasteiger partial charge in [0.2, 0.25) is 0 Å². The maximum Gasteiger partial charge on any atom is 0.325 e. The van der Waals surface area contributed by atoms with Gasteiger partial charge in [0.1, 0.15) is 0 Å². The Labute approximate surface area is 69.3 Å². The lowest BCUT2D eigenvalue weighted by Crippen LogP contribution is -2.22. The van der Waals surface area contributed by atoms with Gasteiger partial charge in [-0.05, 0) is 12.5 Å². The smallest absolute Gasteiger partial charge is 0.203 e. The molecule has 0 aromatic heterocycles. The quantitative estimate of drug-likeness (QED) is 0.347. The van der Waals surface area contributed by atoms with Gasteiger partial charge in [0.05, 0.1) is 0 Å². The molecule has 0 aromatic rings. The number of unbranched alkanes of at least 4 members (excludes halogenated alkanes) is 2. The largest absolute Gasteiger partial charge is 0.325 e. The van der Waals surface area contributed by atoms with Crippen LogP contribution in [-0.2, 0) is 0 Å². The molecule has 12 heavy (non-hydrogen) atoms. The van der Waals surface area contributed by atoms with E-state index in [-0.39, 0.29) is 6.08 Å². The molecule has 0 nitrogen and oxygen atoms in total. The van der Waals surface area contributed by atoms with Gasteiger partial charge < -0.3 is 0 Å². The minimum absolute atomic E-state index is 0.285. The second kappa shape index (κ2) is 5.17. The van der Waals surface area contributed by atoms with E-state index >= 15 is 0 Å². The average molecular weight is 184 g/mol. The van der Waals surface area contributed by atoms with Gasteiger partial charge in [-0.25, -0.2) is 8.78 Å². The van der Waals surface area contributed by atoms with Crippen molar-refractivity contribution in [1.29, 1.82) is 0 Å². The summed E-state index contributed by atoms with van der Waals surface area (Å²) in [5, 5.41) is 0. The summed E-state index contributed by atoms with van der Waals surface area (Å²) in [7, 11) is 0. The molecule has 0 fully saturated rings. The Kier molecular flexibility index (Phi) is 4.93. The van der Waals surface area contributed by atoms with Crippen LogP contribution in [0.2, 0.25) is 0 Å². The first-order valence-corrected chi connectivity index (χ1v) is 3.84. The molecule has 0 aliphatic heterocycles.